The SMILES string of the molecule is CCOc1ccc(N(CC(=O)N(Cc2cccc(Cl)c2)C(Cc2ccccc2)C(=O)NC2CCCCC2)S(=O)(=O)c2ccc(C)cc2)cc1. The van der Waals surface area contributed by atoms with Gasteiger partial charge in [0.1, 0.15) is 18.3 Å². The molecule has 1 aliphatic rings. The van der Waals surface area contributed by atoms with Crippen molar-refractivity contribution in [1.82, 2.24) is 10.2 Å². The maximum Gasteiger partial charge on any atom is 0.264 e. The lowest BCUT2D eigenvalue weighted by Crippen LogP contribution is -2.55. The highest BCUT2D eigenvalue weighted by Gasteiger charge is 2.35. The van der Waals surface area contributed by atoms with Gasteiger partial charge in [-0.2, -0.15) is 0 Å². The number of nitrogens with one attached hydrogen (secondary N) is 1. The van der Waals surface area contributed by atoms with Crippen molar-refractivity contribution in [3.63, 3.8) is 0 Å². The van der Waals surface area contributed by atoms with Gasteiger partial charge in [0.15, 0.2) is 0 Å². The third kappa shape index (κ3) is 9.64. The number of carbonyl (C=O) groups is 2. The predicted molar refractivity (Wildman–Crippen MR) is 194 cm³/mol. The van der Waals surface area contributed by atoms with Gasteiger partial charge in [-0.1, -0.05) is 91.0 Å². The van der Waals surface area contributed by atoms with Gasteiger partial charge in [-0.25, -0.2) is 8.42 Å². The molecule has 1 N–H and O–H groups in total. The van der Waals surface area contributed by atoms with Gasteiger partial charge < -0.3 is 15.0 Å². The van der Waals surface area contributed by atoms with E-state index in [4.69, 9.17) is 16.3 Å². The van der Waals surface area contributed by atoms with Crippen LogP contribution in [0.25, 0.3) is 0 Å². The van der Waals surface area contributed by atoms with E-state index in [1.807, 2.05) is 50.2 Å². The van der Waals surface area contributed by atoms with Crippen molar-refractivity contribution in [2.24, 2.45) is 0 Å². The summed E-state index contributed by atoms with van der Waals surface area (Å²) in [6, 6.07) is 28.9. The summed E-state index contributed by atoms with van der Waals surface area (Å²) in [4.78, 5) is 30.5. The summed E-state index contributed by atoms with van der Waals surface area (Å²) in [6.07, 6.45) is 5.22. The first-order valence-corrected chi connectivity index (χ1v) is 18.7. The number of amides is 2. The molecule has 10 heteroatoms. The maximum absolute atomic E-state index is 14.7. The van der Waals surface area contributed by atoms with E-state index < -0.39 is 28.5 Å². The molecule has 258 valence electrons. The molecular weight excluding hydrogens is 658 g/mol. The average molecular weight is 702 g/mol. The first-order valence-electron chi connectivity index (χ1n) is 16.8. The molecule has 0 spiro atoms. The number of aryl methyl sites for hydroxylation is 1. The van der Waals surface area contributed by atoms with Crippen LogP contribution < -0.4 is 14.4 Å². The molecule has 8 nitrogen and oxygen atoms in total. The van der Waals surface area contributed by atoms with E-state index in [1.54, 1.807) is 54.6 Å². The zero-order valence-corrected chi connectivity index (χ0v) is 29.6. The molecule has 0 bridgehead atoms. The molecule has 1 unspecified atom stereocenters. The van der Waals surface area contributed by atoms with Crippen LogP contribution in [-0.4, -0.2) is 50.4 Å². The fourth-order valence-corrected chi connectivity index (χ4v) is 7.80. The molecule has 1 fully saturated rings. The first-order chi connectivity index (χ1) is 23.6. The van der Waals surface area contributed by atoms with Crippen molar-refractivity contribution < 1.29 is 22.7 Å². The molecule has 4 aromatic rings. The maximum atomic E-state index is 14.7. The lowest BCUT2D eigenvalue weighted by molar-refractivity contribution is -0.140. The third-order valence-electron chi connectivity index (χ3n) is 8.79. The summed E-state index contributed by atoms with van der Waals surface area (Å²) in [7, 11) is -4.21. The number of nitrogens with zero attached hydrogens (tertiary/aromatic N) is 2. The Morgan fingerprint density at radius 3 is 2.20 bits per heavy atom. The lowest BCUT2D eigenvalue weighted by atomic mass is 9.94. The molecule has 2 amide bonds. The Balaban J connectivity index is 1.56. The van der Waals surface area contributed by atoms with Gasteiger partial charge in [0.25, 0.3) is 10.0 Å². The molecule has 49 heavy (non-hydrogen) atoms. The van der Waals surface area contributed by atoms with E-state index in [0.29, 0.717) is 23.1 Å². The van der Waals surface area contributed by atoms with Crippen LogP contribution in [0.15, 0.2) is 108 Å². The Labute approximate surface area is 295 Å². The Morgan fingerprint density at radius 1 is 0.878 bits per heavy atom. The summed E-state index contributed by atoms with van der Waals surface area (Å²) in [5.74, 6) is -0.209. The third-order valence-corrected chi connectivity index (χ3v) is 10.8. The smallest absolute Gasteiger partial charge is 0.264 e. The van der Waals surface area contributed by atoms with Gasteiger partial charge in [-0.15, -0.1) is 0 Å². The van der Waals surface area contributed by atoms with Crippen LogP contribution >= 0.6 is 11.6 Å². The molecule has 1 aliphatic carbocycles. The van der Waals surface area contributed by atoms with Gasteiger partial charge >= 0.3 is 0 Å². The standard InChI is InChI=1S/C39H44ClN3O5S/c1-3-48-35-21-19-34(20-22-35)43(49(46,47)36-23-17-29(2)18-24-36)28-38(44)42(27-31-13-10-14-32(40)25-31)37(26-30-11-6-4-7-12-30)39(45)41-33-15-8-5-9-16-33/h4,6-7,10-14,17-25,33,37H,3,5,8-9,15-16,26-28H2,1-2H3,(H,41,45). The number of carbonyl (C=O) groups excluding carboxylic acids is 2. The summed E-state index contributed by atoms with van der Waals surface area (Å²) in [5.41, 5.74) is 2.80. The van der Waals surface area contributed by atoms with E-state index in [1.165, 1.54) is 17.0 Å². The van der Waals surface area contributed by atoms with Crippen LogP contribution in [0.5, 0.6) is 5.75 Å². The van der Waals surface area contributed by atoms with Crippen LogP contribution in [0.1, 0.15) is 55.7 Å². The minimum atomic E-state index is -4.21. The lowest BCUT2D eigenvalue weighted by Gasteiger charge is -2.35. The van der Waals surface area contributed by atoms with Gasteiger partial charge in [-0.05, 0) is 86.3 Å². The molecule has 0 aromatic heterocycles. The van der Waals surface area contributed by atoms with Crippen molar-refractivity contribution in [3.05, 3.63) is 125 Å². The number of rotatable bonds is 14. The Kier molecular flexibility index (Phi) is 12.4. The molecule has 1 atom stereocenters. The second-order valence-corrected chi connectivity index (χ2v) is 14.8. The quantitative estimate of drug-likeness (QED) is 0.149. The van der Waals surface area contributed by atoms with Crippen LogP contribution in [0.3, 0.4) is 0 Å². The molecule has 4 aromatic carbocycles. The van der Waals surface area contributed by atoms with Crippen molar-refractivity contribution in [2.45, 2.75) is 75.9 Å². The fourth-order valence-electron chi connectivity index (χ4n) is 6.17. The molecule has 0 aliphatic heterocycles. The topological polar surface area (TPSA) is 96.0 Å². The highest BCUT2D eigenvalue weighted by Crippen LogP contribution is 2.28. The van der Waals surface area contributed by atoms with E-state index >= 15 is 0 Å². The summed E-state index contributed by atoms with van der Waals surface area (Å²) >= 11 is 6.37. The van der Waals surface area contributed by atoms with Crippen molar-refractivity contribution in [2.75, 3.05) is 17.5 Å². The van der Waals surface area contributed by atoms with E-state index in [2.05, 4.69) is 5.32 Å². The monoisotopic (exact) mass is 701 g/mol. The van der Waals surface area contributed by atoms with Gasteiger partial charge in [0.05, 0.1) is 17.2 Å². The van der Waals surface area contributed by atoms with Crippen molar-refractivity contribution in [1.29, 1.82) is 0 Å². The van der Waals surface area contributed by atoms with E-state index in [-0.39, 0.29) is 29.8 Å². The largest absolute Gasteiger partial charge is 0.494 e. The van der Waals surface area contributed by atoms with Gasteiger partial charge in [0, 0.05) is 24.0 Å². The molecule has 5 rings (SSSR count). The minimum absolute atomic E-state index is 0.0184. The second-order valence-electron chi connectivity index (χ2n) is 12.5. The number of halogens is 1. The number of sulfonamides is 1. The fraction of sp³-hybridized carbons (Fsp3) is 0.333. The van der Waals surface area contributed by atoms with Crippen LogP contribution in [0, 0.1) is 6.92 Å². The molecule has 0 heterocycles. The summed E-state index contributed by atoms with van der Waals surface area (Å²) < 4.78 is 35.3. The Morgan fingerprint density at radius 2 is 1.55 bits per heavy atom. The minimum Gasteiger partial charge on any atom is -0.494 e. The molecule has 0 saturated heterocycles. The average Bonchev–Trinajstić information content (AvgIpc) is 3.10. The summed E-state index contributed by atoms with van der Waals surface area (Å²) in [6.45, 7) is 3.71. The Hall–Kier alpha value is -4.34. The predicted octanol–water partition coefficient (Wildman–Crippen LogP) is 7.33. The molecular formula is C39H44ClN3O5S. The van der Waals surface area contributed by atoms with Crippen molar-refractivity contribution in [3.8, 4) is 5.75 Å². The zero-order valence-electron chi connectivity index (χ0n) is 28.1. The highest BCUT2D eigenvalue weighted by molar-refractivity contribution is 7.92. The molecule has 1 saturated carbocycles. The molecule has 0 radical (unpaired) electrons. The normalized spacial score (nSPS) is 14.1. The number of hydrogen-bond acceptors (Lipinski definition) is 5. The number of ether oxygens (including phenoxy) is 1. The van der Waals surface area contributed by atoms with E-state index in [0.717, 1.165) is 53.1 Å². The zero-order chi connectivity index (χ0) is 34.8. The highest BCUT2D eigenvalue weighted by atomic mass is 35.5. The number of benzene rings is 4. The Bertz CT molecular complexity index is 1790. The van der Waals surface area contributed by atoms with E-state index in [9.17, 15) is 18.0 Å². The summed E-state index contributed by atoms with van der Waals surface area (Å²) in [5, 5.41) is 3.73. The number of hydrogen-bond donors (Lipinski definition) is 1. The van der Waals surface area contributed by atoms with Crippen LogP contribution in [-0.2, 0) is 32.6 Å². The van der Waals surface area contributed by atoms with Crippen LogP contribution in [0.2, 0.25) is 5.02 Å². The van der Waals surface area contributed by atoms with Crippen LogP contribution in [0.4, 0.5) is 5.69 Å². The van der Waals surface area contributed by atoms with Gasteiger partial charge in [-0.3, -0.25) is 13.9 Å². The van der Waals surface area contributed by atoms with Gasteiger partial charge in [0.2, 0.25) is 11.8 Å². The van der Waals surface area contributed by atoms with Crippen molar-refractivity contribution >= 4 is 39.1 Å². The first kappa shape index (κ1) is 36.0. The number of anilines is 1. The second kappa shape index (κ2) is 16.9.